The van der Waals surface area contributed by atoms with Gasteiger partial charge in [0.05, 0.1) is 11.1 Å². The van der Waals surface area contributed by atoms with E-state index >= 15 is 0 Å². The van der Waals surface area contributed by atoms with Crippen molar-refractivity contribution in [1.29, 1.82) is 0 Å². The largest absolute Gasteiger partial charge is 0.352 e. The summed E-state index contributed by atoms with van der Waals surface area (Å²) in [5.74, 6) is 0.223. The number of hydrogen-bond donors (Lipinski definition) is 2. The monoisotopic (exact) mass is 357 g/mol. The number of benzene rings is 1. The van der Waals surface area contributed by atoms with E-state index in [4.69, 9.17) is 5.73 Å². The highest BCUT2D eigenvalue weighted by molar-refractivity contribution is 6.06. The minimum absolute atomic E-state index is 0. The zero-order chi connectivity index (χ0) is 15.4. The number of carbonyl (C=O) groups is 1. The lowest BCUT2D eigenvalue weighted by Crippen LogP contribution is -2.29. The van der Waals surface area contributed by atoms with E-state index < -0.39 is 0 Å². The van der Waals surface area contributed by atoms with Gasteiger partial charge in [0.1, 0.15) is 0 Å². The summed E-state index contributed by atoms with van der Waals surface area (Å²) in [6.45, 7) is 6.68. The fourth-order valence-electron chi connectivity index (χ4n) is 2.19. The fraction of sp³-hybridized carbons (Fsp3) is 0.412. The minimum atomic E-state index is -0.0591. The van der Waals surface area contributed by atoms with Gasteiger partial charge in [-0.3, -0.25) is 9.78 Å². The number of hydrogen-bond acceptors (Lipinski definition) is 3. The number of nitrogens with one attached hydrogen (secondary N) is 1. The van der Waals surface area contributed by atoms with Crippen LogP contribution in [0.25, 0.3) is 10.9 Å². The molecule has 1 heterocycles. The second-order valence-corrected chi connectivity index (χ2v) is 5.79. The van der Waals surface area contributed by atoms with E-state index in [9.17, 15) is 4.79 Å². The first kappa shape index (κ1) is 21.6. The molecule has 4 nitrogen and oxygen atoms in total. The second-order valence-electron chi connectivity index (χ2n) is 5.79. The zero-order valence-corrected chi connectivity index (χ0v) is 15.3. The Bertz CT molecular complexity index is 645. The highest BCUT2D eigenvalue weighted by Crippen LogP contribution is 2.22. The van der Waals surface area contributed by atoms with E-state index in [0.29, 0.717) is 12.1 Å². The molecule has 23 heavy (non-hydrogen) atoms. The molecule has 0 bridgehead atoms. The van der Waals surface area contributed by atoms with E-state index in [1.54, 1.807) is 0 Å². The van der Waals surface area contributed by atoms with Crippen LogP contribution in [0.5, 0.6) is 0 Å². The molecular weight excluding hydrogens is 333 g/mol. The number of pyridine rings is 1. The normalized spacial score (nSPS) is 11.5. The van der Waals surface area contributed by atoms with E-state index in [0.717, 1.165) is 23.0 Å². The number of aromatic nitrogens is 1. The molecule has 0 fully saturated rings. The molecule has 3 N–H and O–H groups in total. The van der Waals surface area contributed by atoms with Crippen molar-refractivity contribution in [2.75, 3.05) is 6.54 Å². The summed E-state index contributed by atoms with van der Waals surface area (Å²) in [5, 5.41) is 3.83. The molecule has 0 spiro atoms. The Balaban J connectivity index is 0.00000242. The Labute approximate surface area is 150 Å². The van der Waals surface area contributed by atoms with Crippen molar-refractivity contribution >= 4 is 41.6 Å². The first-order valence-corrected chi connectivity index (χ1v) is 7.42. The molecule has 1 aromatic carbocycles. The molecule has 0 saturated carbocycles. The second kappa shape index (κ2) is 9.71. The summed E-state index contributed by atoms with van der Waals surface area (Å²) in [6, 6.07) is 9.74. The van der Waals surface area contributed by atoms with Crippen molar-refractivity contribution in [3.8, 4) is 0 Å². The van der Waals surface area contributed by atoms with Gasteiger partial charge in [-0.15, -0.1) is 24.8 Å². The van der Waals surface area contributed by atoms with Crippen molar-refractivity contribution in [2.24, 2.45) is 5.73 Å². The Hall–Kier alpha value is -1.36. The predicted molar refractivity (Wildman–Crippen MR) is 101 cm³/mol. The van der Waals surface area contributed by atoms with Gasteiger partial charge in [0, 0.05) is 23.7 Å². The lowest BCUT2D eigenvalue weighted by atomic mass is 10.0. The average molecular weight is 358 g/mol. The van der Waals surface area contributed by atoms with Crippen LogP contribution < -0.4 is 11.1 Å². The fourth-order valence-corrected chi connectivity index (χ4v) is 2.19. The number of carbonyl (C=O) groups excluding carboxylic acids is 1. The lowest BCUT2D eigenvalue weighted by molar-refractivity contribution is 0.0954. The number of fused-ring (bicyclic) bond motifs is 1. The molecule has 1 amide bonds. The maximum Gasteiger partial charge on any atom is 0.252 e. The third kappa shape index (κ3) is 5.65. The summed E-state index contributed by atoms with van der Waals surface area (Å²) in [4.78, 5) is 17.1. The predicted octanol–water partition coefficient (Wildman–Crippen LogP) is 3.67. The number of halogens is 2. The molecule has 0 radical (unpaired) electrons. The Morgan fingerprint density at radius 3 is 2.48 bits per heavy atom. The van der Waals surface area contributed by atoms with E-state index in [1.807, 2.05) is 37.3 Å². The van der Waals surface area contributed by atoms with Gasteiger partial charge in [0.2, 0.25) is 0 Å². The summed E-state index contributed by atoms with van der Waals surface area (Å²) < 4.78 is 0. The first-order valence-electron chi connectivity index (χ1n) is 7.42. The van der Waals surface area contributed by atoms with Gasteiger partial charge < -0.3 is 11.1 Å². The van der Waals surface area contributed by atoms with Crippen molar-refractivity contribution in [3.63, 3.8) is 0 Å². The van der Waals surface area contributed by atoms with Gasteiger partial charge in [-0.05, 0) is 31.4 Å². The molecule has 0 saturated heterocycles. The van der Waals surface area contributed by atoms with Crippen LogP contribution in [0.2, 0.25) is 0 Å². The van der Waals surface area contributed by atoms with Gasteiger partial charge in [-0.25, -0.2) is 0 Å². The van der Waals surface area contributed by atoms with Crippen molar-refractivity contribution in [2.45, 2.75) is 39.2 Å². The summed E-state index contributed by atoms with van der Waals surface area (Å²) in [7, 11) is 0. The number of rotatable bonds is 5. The lowest BCUT2D eigenvalue weighted by Gasteiger charge is -2.12. The Morgan fingerprint density at radius 2 is 1.87 bits per heavy atom. The number of nitrogens with zero attached hydrogens (tertiary/aromatic N) is 1. The molecule has 0 aliphatic carbocycles. The van der Waals surface area contributed by atoms with Gasteiger partial charge in [0.15, 0.2) is 0 Å². The third-order valence-corrected chi connectivity index (χ3v) is 3.46. The Kier molecular flexibility index (Phi) is 9.13. The summed E-state index contributed by atoms with van der Waals surface area (Å²) >= 11 is 0. The van der Waals surface area contributed by atoms with Gasteiger partial charge >= 0.3 is 0 Å². The summed E-state index contributed by atoms with van der Waals surface area (Å²) in [6.07, 6.45) is 0.770. The van der Waals surface area contributed by atoms with Gasteiger partial charge in [0.25, 0.3) is 5.91 Å². The Morgan fingerprint density at radius 1 is 1.22 bits per heavy atom. The molecule has 1 aromatic heterocycles. The molecule has 1 atom stereocenters. The topological polar surface area (TPSA) is 68.0 Å². The van der Waals surface area contributed by atoms with Crippen LogP contribution in [0.4, 0.5) is 0 Å². The van der Waals surface area contributed by atoms with Crippen LogP contribution >= 0.6 is 24.8 Å². The quantitative estimate of drug-likeness (QED) is 0.857. The molecule has 128 valence electrons. The number of amides is 1. The van der Waals surface area contributed by atoms with Crippen LogP contribution in [0.15, 0.2) is 30.3 Å². The van der Waals surface area contributed by atoms with Crippen LogP contribution in [-0.2, 0) is 0 Å². The van der Waals surface area contributed by atoms with E-state index in [1.165, 1.54) is 0 Å². The molecule has 0 aliphatic heterocycles. The number of nitrogens with two attached hydrogens (primary N) is 1. The molecule has 2 aromatic rings. The molecule has 2 rings (SSSR count). The molecule has 0 aliphatic rings. The van der Waals surface area contributed by atoms with E-state index in [-0.39, 0.29) is 42.7 Å². The minimum Gasteiger partial charge on any atom is -0.352 e. The van der Waals surface area contributed by atoms with Crippen molar-refractivity contribution in [3.05, 3.63) is 41.6 Å². The van der Waals surface area contributed by atoms with Crippen molar-refractivity contribution in [1.82, 2.24) is 10.3 Å². The molecule has 1 unspecified atom stereocenters. The third-order valence-electron chi connectivity index (χ3n) is 3.46. The van der Waals surface area contributed by atoms with Crippen LogP contribution in [0.3, 0.4) is 0 Å². The first-order chi connectivity index (χ1) is 9.99. The zero-order valence-electron chi connectivity index (χ0n) is 13.7. The maximum absolute atomic E-state index is 12.4. The SMILES string of the molecule is CC(N)CCNC(=O)c1cc(C(C)C)nc2ccccc12.Cl.Cl. The van der Waals surface area contributed by atoms with E-state index in [2.05, 4.69) is 24.1 Å². The average Bonchev–Trinajstić information content (AvgIpc) is 2.45. The van der Waals surface area contributed by atoms with Crippen LogP contribution in [0.1, 0.15) is 49.2 Å². The van der Waals surface area contributed by atoms with Crippen LogP contribution in [0, 0.1) is 0 Å². The smallest absolute Gasteiger partial charge is 0.252 e. The maximum atomic E-state index is 12.4. The standard InChI is InChI=1S/C17H23N3O.2ClH/c1-11(2)16-10-14(17(21)19-9-8-12(3)18)13-6-4-5-7-15(13)20-16;;/h4-7,10-12H,8-9,18H2,1-3H3,(H,19,21);2*1H. The molecular formula is C17H25Cl2N3O. The van der Waals surface area contributed by atoms with Crippen LogP contribution in [-0.4, -0.2) is 23.5 Å². The van der Waals surface area contributed by atoms with Crippen molar-refractivity contribution < 1.29 is 4.79 Å². The molecule has 6 heteroatoms. The number of para-hydroxylation sites is 1. The van der Waals surface area contributed by atoms with Gasteiger partial charge in [-0.2, -0.15) is 0 Å². The highest BCUT2D eigenvalue weighted by atomic mass is 35.5. The summed E-state index contributed by atoms with van der Waals surface area (Å²) in [5.41, 5.74) is 8.20. The van der Waals surface area contributed by atoms with Gasteiger partial charge in [-0.1, -0.05) is 32.0 Å². The highest BCUT2D eigenvalue weighted by Gasteiger charge is 2.14.